The zero-order chi connectivity index (χ0) is 31.6. The minimum Gasteiger partial charge on any atom is -0.492 e. The first kappa shape index (κ1) is 30.3. The second kappa shape index (κ2) is 12.4. The summed E-state index contributed by atoms with van der Waals surface area (Å²) < 4.78 is 19.8. The van der Waals surface area contributed by atoms with Crippen LogP contribution in [0.15, 0.2) is 54.9 Å². The van der Waals surface area contributed by atoms with Crippen molar-refractivity contribution in [3.63, 3.8) is 0 Å². The fourth-order valence-electron chi connectivity index (χ4n) is 5.30. The average Bonchev–Trinajstić information content (AvgIpc) is 3.64. The Balaban J connectivity index is 1.18. The molecule has 1 aliphatic carbocycles. The van der Waals surface area contributed by atoms with Crippen LogP contribution in [0.5, 0.6) is 11.6 Å². The number of nitriles is 1. The molecular weight excluding hydrogens is 570 g/mol. The standard InChI is InChI=1S/C34H39N7O4/c1-33(2,3)45-32(42)40-16-14-39(15-17-40)18-19-43-26-10-11-27(25(20-26)21-35)29-38-28-30(41(29)22-24-8-6-5-7-9-24)36-23-37-31(28)44-34(4)12-13-34/h5-11,20,23H,12-19,22H2,1-4H3. The van der Waals surface area contributed by atoms with E-state index in [2.05, 4.69) is 40.0 Å². The lowest BCUT2D eigenvalue weighted by Crippen LogP contribution is -2.50. The maximum absolute atomic E-state index is 12.4. The van der Waals surface area contributed by atoms with E-state index in [0.29, 0.717) is 72.5 Å². The van der Waals surface area contributed by atoms with Gasteiger partial charge in [0, 0.05) is 38.3 Å². The number of hydrogen-bond acceptors (Lipinski definition) is 9. The van der Waals surface area contributed by atoms with E-state index in [0.717, 1.165) is 31.5 Å². The van der Waals surface area contributed by atoms with Gasteiger partial charge in [-0.05, 0) is 64.3 Å². The molecule has 11 heteroatoms. The number of aromatic nitrogens is 4. The predicted octanol–water partition coefficient (Wildman–Crippen LogP) is 5.28. The second-order valence-corrected chi connectivity index (χ2v) is 12.9. The van der Waals surface area contributed by atoms with Crippen LogP contribution in [0.4, 0.5) is 4.79 Å². The summed E-state index contributed by atoms with van der Waals surface area (Å²) in [5.74, 6) is 1.68. The van der Waals surface area contributed by atoms with Crippen molar-refractivity contribution in [2.45, 2.75) is 58.3 Å². The van der Waals surface area contributed by atoms with E-state index in [1.165, 1.54) is 6.33 Å². The van der Waals surface area contributed by atoms with Crippen molar-refractivity contribution < 1.29 is 19.0 Å². The smallest absolute Gasteiger partial charge is 0.410 e. The summed E-state index contributed by atoms with van der Waals surface area (Å²) in [6, 6.07) is 17.9. The van der Waals surface area contributed by atoms with Gasteiger partial charge in [-0.25, -0.2) is 14.8 Å². The summed E-state index contributed by atoms with van der Waals surface area (Å²) in [5, 5.41) is 10.2. The summed E-state index contributed by atoms with van der Waals surface area (Å²) >= 11 is 0. The number of carbonyl (C=O) groups is 1. The third-order valence-corrected chi connectivity index (χ3v) is 8.03. The Kier molecular flexibility index (Phi) is 8.34. The van der Waals surface area contributed by atoms with Gasteiger partial charge in [0.25, 0.3) is 0 Å². The monoisotopic (exact) mass is 609 g/mol. The molecule has 0 radical (unpaired) electrons. The molecule has 0 N–H and O–H groups in total. The van der Waals surface area contributed by atoms with Crippen LogP contribution < -0.4 is 9.47 Å². The number of ether oxygens (including phenoxy) is 3. The first-order valence-electron chi connectivity index (χ1n) is 15.4. The third kappa shape index (κ3) is 7.18. The molecule has 0 unspecified atom stereocenters. The maximum atomic E-state index is 12.4. The zero-order valence-corrected chi connectivity index (χ0v) is 26.3. The van der Waals surface area contributed by atoms with Crippen LogP contribution in [-0.4, -0.2) is 85.9 Å². The first-order valence-corrected chi connectivity index (χ1v) is 15.4. The van der Waals surface area contributed by atoms with Gasteiger partial charge in [0.1, 0.15) is 41.8 Å². The van der Waals surface area contributed by atoms with Gasteiger partial charge in [-0.15, -0.1) is 0 Å². The van der Waals surface area contributed by atoms with Crippen LogP contribution >= 0.6 is 0 Å². The Labute approximate surface area is 263 Å². The Morgan fingerprint density at radius 3 is 2.49 bits per heavy atom. The SMILES string of the molecule is CC(C)(C)OC(=O)N1CCN(CCOc2ccc(-c3nc4c(OC5(C)CC5)ncnc4n3Cc3ccccc3)c(C#N)c2)CC1. The number of rotatable bonds is 9. The lowest BCUT2D eigenvalue weighted by atomic mass is 10.1. The van der Waals surface area contributed by atoms with Gasteiger partial charge in [0.15, 0.2) is 11.2 Å². The Morgan fingerprint density at radius 1 is 1.04 bits per heavy atom. The molecule has 6 rings (SSSR count). The van der Waals surface area contributed by atoms with Crippen molar-refractivity contribution in [1.29, 1.82) is 5.26 Å². The molecule has 1 aliphatic heterocycles. The molecule has 45 heavy (non-hydrogen) atoms. The quantitative estimate of drug-likeness (QED) is 0.250. The summed E-state index contributed by atoms with van der Waals surface area (Å²) in [5.41, 5.74) is 2.71. The number of nitrogens with zero attached hydrogens (tertiary/aromatic N) is 7. The molecule has 0 atom stereocenters. The van der Waals surface area contributed by atoms with E-state index >= 15 is 0 Å². The van der Waals surface area contributed by atoms with Crippen LogP contribution in [0.25, 0.3) is 22.6 Å². The van der Waals surface area contributed by atoms with Crippen LogP contribution in [0, 0.1) is 11.3 Å². The summed E-state index contributed by atoms with van der Waals surface area (Å²) in [6.45, 7) is 12.1. The molecule has 1 amide bonds. The topological polar surface area (TPSA) is 119 Å². The van der Waals surface area contributed by atoms with Gasteiger partial charge < -0.3 is 23.7 Å². The highest BCUT2D eigenvalue weighted by Crippen LogP contribution is 2.41. The molecule has 4 aromatic rings. The zero-order valence-electron chi connectivity index (χ0n) is 26.3. The fraction of sp³-hybridized carbons (Fsp3) is 0.441. The molecule has 2 fully saturated rings. The molecule has 1 saturated carbocycles. The van der Waals surface area contributed by atoms with Crippen molar-refractivity contribution >= 4 is 17.3 Å². The van der Waals surface area contributed by atoms with Gasteiger partial charge in [-0.1, -0.05) is 30.3 Å². The molecule has 2 aliphatic rings. The van der Waals surface area contributed by atoms with E-state index in [1.54, 1.807) is 11.0 Å². The lowest BCUT2D eigenvalue weighted by Gasteiger charge is -2.35. The van der Waals surface area contributed by atoms with E-state index in [-0.39, 0.29) is 11.7 Å². The number of imidazole rings is 1. The number of carbonyl (C=O) groups excluding carboxylic acids is 1. The molecular formula is C34H39N7O4. The highest BCUT2D eigenvalue weighted by molar-refractivity contribution is 5.83. The number of hydrogen-bond donors (Lipinski definition) is 0. The van der Waals surface area contributed by atoms with Crippen LogP contribution in [0.2, 0.25) is 0 Å². The second-order valence-electron chi connectivity index (χ2n) is 12.9. The van der Waals surface area contributed by atoms with E-state index in [9.17, 15) is 10.1 Å². The largest absolute Gasteiger partial charge is 0.492 e. The average molecular weight is 610 g/mol. The highest BCUT2D eigenvalue weighted by atomic mass is 16.6. The molecule has 0 spiro atoms. The van der Waals surface area contributed by atoms with Gasteiger partial charge in [0.05, 0.1) is 12.1 Å². The summed E-state index contributed by atoms with van der Waals surface area (Å²) in [6.07, 6.45) is 3.18. The van der Waals surface area contributed by atoms with Crippen molar-refractivity contribution in [2.24, 2.45) is 0 Å². The van der Waals surface area contributed by atoms with E-state index in [1.807, 2.05) is 55.7 Å². The Morgan fingerprint density at radius 2 is 1.80 bits per heavy atom. The minimum atomic E-state index is -0.506. The minimum absolute atomic E-state index is 0.229. The molecule has 0 bridgehead atoms. The summed E-state index contributed by atoms with van der Waals surface area (Å²) in [7, 11) is 0. The van der Waals surface area contributed by atoms with Crippen molar-refractivity contribution in [2.75, 3.05) is 39.3 Å². The molecule has 11 nitrogen and oxygen atoms in total. The normalized spacial score (nSPS) is 16.3. The van der Waals surface area contributed by atoms with Gasteiger partial charge in [-0.3, -0.25) is 4.90 Å². The highest BCUT2D eigenvalue weighted by Gasteiger charge is 2.41. The van der Waals surface area contributed by atoms with Gasteiger partial charge >= 0.3 is 6.09 Å². The summed E-state index contributed by atoms with van der Waals surface area (Å²) in [4.78, 5) is 30.3. The van der Waals surface area contributed by atoms with Gasteiger partial charge in [0.2, 0.25) is 5.88 Å². The number of fused-ring (bicyclic) bond motifs is 1. The van der Waals surface area contributed by atoms with Crippen molar-refractivity contribution in [3.8, 4) is 29.1 Å². The predicted molar refractivity (Wildman–Crippen MR) is 169 cm³/mol. The number of piperazine rings is 1. The van der Waals surface area contributed by atoms with Crippen molar-refractivity contribution in [3.05, 3.63) is 66.0 Å². The van der Waals surface area contributed by atoms with E-state index < -0.39 is 5.60 Å². The molecule has 3 heterocycles. The fourth-order valence-corrected chi connectivity index (χ4v) is 5.30. The van der Waals surface area contributed by atoms with Gasteiger partial charge in [-0.2, -0.15) is 10.2 Å². The molecule has 234 valence electrons. The van der Waals surface area contributed by atoms with Crippen LogP contribution in [0.3, 0.4) is 0 Å². The molecule has 1 saturated heterocycles. The lowest BCUT2D eigenvalue weighted by molar-refractivity contribution is 0.0137. The molecule has 2 aromatic carbocycles. The maximum Gasteiger partial charge on any atom is 0.410 e. The third-order valence-electron chi connectivity index (χ3n) is 8.03. The first-order chi connectivity index (χ1) is 21.6. The van der Waals surface area contributed by atoms with Crippen LogP contribution in [0.1, 0.15) is 51.7 Å². The molecule has 2 aromatic heterocycles. The van der Waals surface area contributed by atoms with Crippen molar-refractivity contribution in [1.82, 2.24) is 29.3 Å². The number of amides is 1. The van der Waals surface area contributed by atoms with Crippen LogP contribution in [-0.2, 0) is 11.3 Å². The Hall–Kier alpha value is -4.69. The Bertz CT molecular complexity index is 1710. The van der Waals surface area contributed by atoms with E-state index in [4.69, 9.17) is 19.2 Å². The number of benzene rings is 2.